The molecule has 1 atom stereocenters. The molecule has 1 amide bonds. The van der Waals surface area contributed by atoms with Crippen LogP contribution in [0.15, 0.2) is 33.6 Å². The summed E-state index contributed by atoms with van der Waals surface area (Å²) in [5.41, 5.74) is 9.84. The lowest BCUT2D eigenvalue weighted by molar-refractivity contribution is -0.122. The molecule has 6 nitrogen and oxygen atoms in total. The van der Waals surface area contributed by atoms with Crippen molar-refractivity contribution < 1.29 is 4.79 Å². The van der Waals surface area contributed by atoms with E-state index in [0.29, 0.717) is 12.3 Å². The van der Waals surface area contributed by atoms with Crippen molar-refractivity contribution in [3.63, 3.8) is 0 Å². The van der Waals surface area contributed by atoms with Crippen molar-refractivity contribution in [2.24, 2.45) is 27.3 Å². The molecule has 1 aromatic rings. The van der Waals surface area contributed by atoms with Gasteiger partial charge in [0, 0.05) is 17.9 Å². The largest absolute Gasteiger partial charge is 0.273 e. The molecule has 0 saturated heterocycles. The van der Waals surface area contributed by atoms with Crippen LogP contribution in [0.25, 0.3) is 0 Å². The Morgan fingerprint density at radius 1 is 1.32 bits per heavy atom. The third-order valence-electron chi connectivity index (χ3n) is 3.44. The smallest absolute Gasteiger partial charge is 0.240 e. The number of hydrogen-bond donors (Lipinski definition) is 1. The molecule has 19 heavy (non-hydrogen) atoms. The topological polar surface area (TPSA) is 80.3 Å². The molecule has 1 aromatic carbocycles. The van der Waals surface area contributed by atoms with E-state index in [9.17, 15) is 4.79 Å². The summed E-state index contributed by atoms with van der Waals surface area (Å²) in [4.78, 5) is 11.5. The van der Waals surface area contributed by atoms with Gasteiger partial charge in [0.2, 0.25) is 5.91 Å². The minimum absolute atomic E-state index is 0.0294. The van der Waals surface area contributed by atoms with Crippen LogP contribution in [0.1, 0.15) is 25.8 Å². The molecule has 0 fully saturated rings. The molecule has 2 aliphatic heterocycles. The van der Waals surface area contributed by atoms with E-state index >= 15 is 0 Å². The van der Waals surface area contributed by atoms with Gasteiger partial charge in [0.25, 0.3) is 0 Å². The van der Waals surface area contributed by atoms with E-state index in [1.165, 1.54) is 0 Å². The van der Waals surface area contributed by atoms with Gasteiger partial charge in [0.05, 0.1) is 5.71 Å². The molecular weight excluding hydrogens is 242 g/mol. The summed E-state index contributed by atoms with van der Waals surface area (Å²) in [7, 11) is 0. The van der Waals surface area contributed by atoms with E-state index in [2.05, 4.69) is 40.1 Å². The molecule has 1 N–H and O–H groups in total. The van der Waals surface area contributed by atoms with Crippen LogP contribution in [0.3, 0.4) is 0 Å². The number of nitrogens with zero attached hydrogens (tertiary/aromatic N) is 4. The number of benzene rings is 1. The van der Waals surface area contributed by atoms with Crippen molar-refractivity contribution in [3.8, 4) is 0 Å². The summed E-state index contributed by atoms with van der Waals surface area (Å²) in [5.74, 6) is 0.449. The molecule has 0 aliphatic carbocycles. The molecule has 3 rings (SSSR count). The molecule has 2 aliphatic rings. The normalized spacial score (nSPS) is 20.9. The highest BCUT2D eigenvalue weighted by Crippen LogP contribution is 2.33. The van der Waals surface area contributed by atoms with Gasteiger partial charge in [-0.05, 0) is 23.3 Å². The third-order valence-corrected chi connectivity index (χ3v) is 3.44. The maximum atomic E-state index is 11.5. The van der Waals surface area contributed by atoms with E-state index in [1.54, 1.807) is 0 Å². The summed E-state index contributed by atoms with van der Waals surface area (Å²) >= 11 is 0. The first kappa shape index (κ1) is 11.8. The van der Waals surface area contributed by atoms with Gasteiger partial charge in [-0.25, -0.2) is 5.43 Å². The van der Waals surface area contributed by atoms with Gasteiger partial charge in [-0.15, -0.1) is 10.5 Å². The fourth-order valence-electron chi connectivity index (χ4n) is 2.34. The maximum absolute atomic E-state index is 11.5. The van der Waals surface area contributed by atoms with Crippen molar-refractivity contribution in [2.45, 2.75) is 20.3 Å². The van der Waals surface area contributed by atoms with E-state index in [4.69, 9.17) is 0 Å². The molecule has 0 aromatic heterocycles. The lowest BCUT2D eigenvalue weighted by atomic mass is 9.83. The molecule has 6 heteroatoms. The highest BCUT2D eigenvalue weighted by molar-refractivity contribution is 6.06. The molecule has 1 unspecified atom stereocenters. The molecule has 0 saturated carbocycles. The number of hydrogen-bond acceptors (Lipinski definition) is 4. The zero-order valence-corrected chi connectivity index (χ0v) is 10.8. The average molecular weight is 256 g/mol. The highest BCUT2D eigenvalue weighted by atomic mass is 16.2. The first-order valence-electron chi connectivity index (χ1n) is 6.28. The number of nitrogens with one attached hydrogen (secondary N) is 1. The Labute approximate surface area is 111 Å². The lowest BCUT2D eigenvalue weighted by Crippen LogP contribution is -2.35. The predicted octanol–water partition coefficient (Wildman–Crippen LogP) is 2.43. The fourth-order valence-corrected chi connectivity index (χ4v) is 2.34. The first-order valence-corrected chi connectivity index (χ1v) is 6.28. The predicted molar refractivity (Wildman–Crippen MR) is 70.4 cm³/mol. The van der Waals surface area contributed by atoms with Crippen LogP contribution in [0.2, 0.25) is 0 Å². The minimum Gasteiger partial charge on any atom is -0.273 e. The fraction of sp³-hybridized carbons (Fsp3) is 0.385. The van der Waals surface area contributed by atoms with Crippen molar-refractivity contribution in [3.05, 3.63) is 23.8 Å². The second-order valence-electron chi connectivity index (χ2n) is 5.08. The third kappa shape index (κ3) is 2.09. The summed E-state index contributed by atoms with van der Waals surface area (Å²) in [6, 6.07) is 5.74. The molecule has 0 bridgehead atoms. The summed E-state index contributed by atoms with van der Waals surface area (Å²) in [6.07, 6.45) is 0.472. The summed E-state index contributed by atoms with van der Waals surface area (Å²) < 4.78 is 0. The van der Waals surface area contributed by atoms with Crippen LogP contribution in [-0.4, -0.2) is 11.6 Å². The second-order valence-corrected chi connectivity index (χ2v) is 5.08. The standard InChI is InChI=1S/C13H14N5O/c1-7(2)9-6-12(19)16-17-13(9)8-3-4-10-11(5-8)15-18-14-10/h3-5,7,9H,6H2,1-2H3,(H,16,19). The Balaban J connectivity index is 2.00. The number of rotatable bonds is 2. The van der Waals surface area contributed by atoms with E-state index < -0.39 is 0 Å². The number of fused-ring (bicyclic) bond motifs is 1. The van der Waals surface area contributed by atoms with Crippen molar-refractivity contribution in [2.75, 3.05) is 0 Å². The molecule has 0 spiro atoms. The maximum Gasteiger partial charge on any atom is 0.240 e. The van der Waals surface area contributed by atoms with Crippen LogP contribution < -0.4 is 10.9 Å². The van der Waals surface area contributed by atoms with Crippen LogP contribution in [0, 0.1) is 11.8 Å². The van der Waals surface area contributed by atoms with Gasteiger partial charge < -0.3 is 0 Å². The SMILES string of the molecule is CC(C)C1CC(=O)NN=C1c1ccc2c(c1)N=N[N]2. The number of carbonyl (C=O) groups is 1. The highest BCUT2D eigenvalue weighted by Gasteiger charge is 2.28. The Kier molecular flexibility index (Phi) is 2.77. The zero-order chi connectivity index (χ0) is 13.4. The van der Waals surface area contributed by atoms with Crippen molar-refractivity contribution >= 4 is 23.0 Å². The van der Waals surface area contributed by atoms with Gasteiger partial charge in [-0.2, -0.15) is 5.10 Å². The van der Waals surface area contributed by atoms with E-state index in [1.807, 2.05) is 18.2 Å². The van der Waals surface area contributed by atoms with E-state index in [-0.39, 0.29) is 11.8 Å². The van der Waals surface area contributed by atoms with Crippen molar-refractivity contribution in [1.82, 2.24) is 10.9 Å². The minimum atomic E-state index is -0.0294. The van der Waals surface area contributed by atoms with Gasteiger partial charge >= 0.3 is 0 Å². The molecule has 2 heterocycles. The van der Waals surface area contributed by atoms with Crippen LogP contribution in [-0.2, 0) is 4.79 Å². The summed E-state index contributed by atoms with van der Waals surface area (Å²) in [5, 5.41) is 11.8. The van der Waals surface area contributed by atoms with E-state index in [0.717, 1.165) is 22.6 Å². The van der Waals surface area contributed by atoms with Crippen LogP contribution >= 0.6 is 0 Å². The second kappa shape index (κ2) is 4.46. The van der Waals surface area contributed by atoms with Gasteiger partial charge in [0.1, 0.15) is 11.4 Å². The Morgan fingerprint density at radius 2 is 2.16 bits per heavy atom. The van der Waals surface area contributed by atoms with Crippen LogP contribution in [0.4, 0.5) is 11.4 Å². The number of amides is 1. The van der Waals surface area contributed by atoms with Gasteiger partial charge in [0.15, 0.2) is 0 Å². The number of carbonyl (C=O) groups excluding carboxylic acids is 1. The van der Waals surface area contributed by atoms with Crippen LogP contribution in [0.5, 0.6) is 0 Å². The van der Waals surface area contributed by atoms with Gasteiger partial charge in [-0.1, -0.05) is 19.9 Å². The zero-order valence-electron chi connectivity index (χ0n) is 10.8. The lowest BCUT2D eigenvalue weighted by Gasteiger charge is -2.26. The molecular formula is C13H14N5O. The Morgan fingerprint density at radius 3 is 2.95 bits per heavy atom. The van der Waals surface area contributed by atoms with Gasteiger partial charge in [-0.3, -0.25) is 4.79 Å². The average Bonchev–Trinajstić information content (AvgIpc) is 2.85. The Hall–Kier alpha value is -2.24. The Bertz CT molecular complexity index is 591. The van der Waals surface area contributed by atoms with Crippen molar-refractivity contribution in [1.29, 1.82) is 0 Å². The monoisotopic (exact) mass is 256 g/mol. The molecule has 1 radical (unpaired) electrons. The number of hydrazone groups is 1. The quantitative estimate of drug-likeness (QED) is 0.866. The summed E-state index contributed by atoms with van der Waals surface area (Å²) in [6.45, 7) is 4.20. The molecule has 97 valence electrons. The first-order chi connectivity index (χ1) is 9.15.